The van der Waals surface area contributed by atoms with Gasteiger partial charge in [0, 0.05) is 23.9 Å². The quantitative estimate of drug-likeness (QED) is 0.272. The van der Waals surface area contributed by atoms with Crippen molar-refractivity contribution in [2.24, 2.45) is 17.8 Å². The van der Waals surface area contributed by atoms with Crippen LogP contribution in [0, 0.1) is 17.8 Å². The predicted molar refractivity (Wildman–Crippen MR) is 137 cm³/mol. The van der Waals surface area contributed by atoms with E-state index in [0.717, 1.165) is 39.0 Å². The molecule has 1 heterocycles. The minimum absolute atomic E-state index is 0.215. The van der Waals surface area contributed by atoms with Gasteiger partial charge in [0.25, 0.3) is 0 Å². The number of ether oxygens (including phenoxy) is 2. The van der Waals surface area contributed by atoms with Gasteiger partial charge in [0.05, 0.1) is 10.4 Å². The summed E-state index contributed by atoms with van der Waals surface area (Å²) in [5.41, 5.74) is 3.96. The summed E-state index contributed by atoms with van der Waals surface area (Å²) >= 11 is 1.64. The smallest absolute Gasteiger partial charge is 0.335 e. The summed E-state index contributed by atoms with van der Waals surface area (Å²) in [5, 5.41) is 10.1. The van der Waals surface area contributed by atoms with E-state index in [0.29, 0.717) is 6.61 Å². The second-order valence-corrected chi connectivity index (χ2v) is 11.6. The molecule has 6 heteroatoms. The van der Waals surface area contributed by atoms with Crippen molar-refractivity contribution in [2.75, 3.05) is 13.4 Å². The molecule has 7 rings (SSSR count). The van der Waals surface area contributed by atoms with Crippen molar-refractivity contribution in [3.63, 3.8) is 0 Å². The fourth-order valence-electron chi connectivity index (χ4n) is 7.15. The van der Waals surface area contributed by atoms with E-state index in [1.54, 1.807) is 23.5 Å². The molecule has 0 amide bonds. The average molecular weight is 490 g/mol. The molecule has 4 fully saturated rings. The van der Waals surface area contributed by atoms with Crippen molar-refractivity contribution >= 4 is 17.3 Å². The van der Waals surface area contributed by atoms with Crippen LogP contribution in [0.2, 0.25) is 0 Å². The highest BCUT2D eigenvalue weighted by molar-refractivity contribution is 7.18. The third kappa shape index (κ3) is 4.27. The van der Waals surface area contributed by atoms with Gasteiger partial charge < -0.3 is 14.6 Å². The van der Waals surface area contributed by atoms with Crippen LogP contribution in [-0.2, 0) is 10.2 Å². The first-order valence-corrected chi connectivity index (χ1v) is 13.5. The lowest BCUT2D eigenvalue weighted by atomic mass is 9.48. The van der Waals surface area contributed by atoms with E-state index in [1.165, 1.54) is 49.7 Å². The zero-order valence-corrected chi connectivity index (χ0v) is 20.9. The monoisotopic (exact) mass is 489 g/mol. The van der Waals surface area contributed by atoms with Crippen LogP contribution in [0.4, 0.5) is 0 Å². The van der Waals surface area contributed by atoms with Gasteiger partial charge in [0.2, 0.25) is 0 Å². The number of benzene rings is 2. The molecular formula is C29H31NO4S. The molecule has 35 heavy (non-hydrogen) atoms. The van der Waals surface area contributed by atoms with Crippen molar-refractivity contribution in [3.8, 4) is 26.8 Å². The van der Waals surface area contributed by atoms with Gasteiger partial charge in [-0.2, -0.15) is 0 Å². The maximum Gasteiger partial charge on any atom is 0.335 e. The Bertz CT molecular complexity index is 1200. The molecule has 1 N–H and O–H groups in total. The van der Waals surface area contributed by atoms with E-state index in [9.17, 15) is 9.90 Å². The van der Waals surface area contributed by atoms with Gasteiger partial charge in [0.15, 0.2) is 6.79 Å². The van der Waals surface area contributed by atoms with Gasteiger partial charge in [-0.3, -0.25) is 0 Å². The third-order valence-electron chi connectivity index (χ3n) is 8.26. The Morgan fingerprint density at radius 3 is 2.31 bits per heavy atom. The van der Waals surface area contributed by atoms with Crippen molar-refractivity contribution in [1.82, 2.24) is 4.98 Å². The van der Waals surface area contributed by atoms with Crippen molar-refractivity contribution < 1.29 is 19.4 Å². The van der Waals surface area contributed by atoms with Gasteiger partial charge in [-0.25, -0.2) is 9.78 Å². The molecular weight excluding hydrogens is 458 g/mol. The van der Waals surface area contributed by atoms with Crippen LogP contribution >= 0.6 is 11.3 Å². The lowest BCUT2D eigenvalue weighted by Gasteiger charge is -2.57. The molecule has 4 saturated carbocycles. The topological polar surface area (TPSA) is 68.7 Å². The number of carboxylic acids is 1. The number of thiazole rings is 1. The Kier molecular flexibility index (Phi) is 5.89. The number of aromatic nitrogens is 1. The maximum absolute atomic E-state index is 11.2. The fourth-order valence-corrected chi connectivity index (χ4v) is 8.07. The van der Waals surface area contributed by atoms with Crippen LogP contribution in [0.5, 0.6) is 5.75 Å². The van der Waals surface area contributed by atoms with Crippen molar-refractivity contribution in [3.05, 3.63) is 59.8 Å². The van der Waals surface area contributed by atoms with E-state index in [2.05, 4.69) is 23.2 Å². The Morgan fingerprint density at radius 2 is 1.69 bits per heavy atom. The summed E-state index contributed by atoms with van der Waals surface area (Å²) in [6, 6.07) is 13.6. The van der Waals surface area contributed by atoms with E-state index < -0.39 is 5.97 Å². The zero-order chi connectivity index (χ0) is 24.0. The van der Waals surface area contributed by atoms with Gasteiger partial charge in [-0.1, -0.05) is 12.1 Å². The van der Waals surface area contributed by atoms with Crippen LogP contribution in [-0.4, -0.2) is 29.5 Å². The highest BCUT2D eigenvalue weighted by Crippen LogP contribution is 2.62. The minimum atomic E-state index is -0.916. The van der Waals surface area contributed by atoms with E-state index >= 15 is 0 Å². The van der Waals surface area contributed by atoms with Gasteiger partial charge >= 0.3 is 5.97 Å². The van der Waals surface area contributed by atoms with Gasteiger partial charge in [-0.15, -0.1) is 11.3 Å². The molecule has 0 aliphatic heterocycles. The summed E-state index contributed by atoms with van der Waals surface area (Å²) < 4.78 is 11.7. The number of nitrogens with zero attached hydrogens (tertiary/aromatic N) is 1. The molecule has 0 radical (unpaired) electrons. The molecule has 0 spiro atoms. The SMILES string of the molecule is CCOCOc1ccc(-c2cnc(-c3ccc(C(=O)O)cc3)s2)cc1C12CC3CC(CC(C3)C1)C2. The summed E-state index contributed by atoms with van der Waals surface area (Å²) in [6.07, 6.45) is 9.99. The van der Waals surface area contributed by atoms with Crippen molar-refractivity contribution in [1.29, 1.82) is 0 Å². The molecule has 4 aliphatic rings. The zero-order valence-electron chi connectivity index (χ0n) is 20.0. The van der Waals surface area contributed by atoms with Crippen LogP contribution < -0.4 is 4.74 Å². The standard InChI is InChI=1S/C29H31NO4S/c1-2-33-17-34-25-8-7-23(12-24(25)29-13-18-9-19(14-29)11-20(10-18)15-29)26-16-30-27(35-26)21-3-5-22(6-4-21)28(31)32/h3-8,12,16,18-20H,2,9-11,13-15,17H2,1H3,(H,31,32). The first-order valence-electron chi connectivity index (χ1n) is 12.7. The third-order valence-corrected chi connectivity index (χ3v) is 9.36. The maximum atomic E-state index is 11.2. The second kappa shape index (κ2) is 9.07. The van der Waals surface area contributed by atoms with Gasteiger partial charge in [-0.05, 0) is 105 Å². The van der Waals surface area contributed by atoms with E-state index in [4.69, 9.17) is 9.47 Å². The molecule has 0 atom stereocenters. The Labute approximate surface area is 210 Å². The number of aromatic carboxylic acids is 1. The minimum Gasteiger partial charge on any atom is -0.478 e. The summed E-state index contributed by atoms with van der Waals surface area (Å²) in [7, 11) is 0. The lowest BCUT2D eigenvalue weighted by Crippen LogP contribution is -2.48. The van der Waals surface area contributed by atoms with E-state index in [-0.39, 0.29) is 17.8 Å². The van der Waals surface area contributed by atoms with Crippen LogP contribution in [0.15, 0.2) is 48.7 Å². The number of hydrogen-bond acceptors (Lipinski definition) is 5. The summed E-state index contributed by atoms with van der Waals surface area (Å²) in [5.74, 6) is 2.62. The highest BCUT2D eigenvalue weighted by Gasteiger charge is 2.52. The summed E-state index contributed by atoms with van der Waals surface area (Å²) in [6.45, 7) is 2.91. The molecule has 4 aliphatic carbocycles. The van der Waals surface area contributed by atoms with Crippen molar-refractivity contribution in [2.45, 2.75) is 50.9 Å². The van der Waals surface area contributed by atoms with Crippen LogP contribution in [0.25, 0.3) is 21.0 Å². The molecule has 182 valence electrons. The molecule has 2 aromatic carbocycles. The predicted octanol–water partition coefficient (Wildman–Crippen LogP) is 7.02. The molecule has 4 bridgehead atoms. The van der Waals surface area contributed by atoms with Gasteiger partial charge in [0.1, 0.15) is 10.8 Å². The normalized spacial score (nSPS) is 26.7. The molecule has 0 unspecified atom stereocenters. The first-order chi connectivity index (χ1) is 17.0. The van der Waals surface area contributed by atoms with E-state index in [1.807, 2.05) is 25.3 Å². The molecule has 5 nitrogen and oxygen atoms in total. The average Bonchev–Trinajstić information content (AvgIpc) is 3.34. The highest BCUT2D eigenvalue weighted by atomic mass is 32.1. The first kappa shape index (κ1) is 22.7. The second-order valence-electron chi connectivity index (χ2n) is 10.6. The molecule has 0 saturated heterocycles. The van der Waals surface area contributed by atoms with Crippen LogP contribution in [0.3, 0.4) is 0 Å². The number of hydrogen-bond donors (Lipinski definition) is 1. The largest absolute Gasteiger partial charge is 0.478 e. The summed E-state index contributed by atoms with van der Waals surface area (Å²) in [4.78, 5) is 17.0. The Hall–Kier alpha value is -2.70. The molecule has 1 aromatic heterocycles. The molecule has 3 aromatic rings. The Morgan fingerprint density at radius 1 is 1.03 bits per heavy atom. The number of carbonyl (C=O) groups is 1. The lowest BCUT2D eigenvalue weighted by molar-refractivity contribution is -0.0109. The van der Waals surface area contributed by atoms with Crippen LogP contribution in [0.1, 0.15) is 61.4 Å². The number of rotatable bonds is 8. The number of carboxylic acid groups (broad SMARTS) is 1. The fraction of sp³-hybridized carbons (Fsp3) is 0.448. The Balaban J connectivity index is 1.34.